The van der Waals surface area contributed by atoms with Gasteiger partial charge < -0.3 is 14.3 Å². The zero-order chi connectivity index (χ0) is 13.9. The molecule has 0 aromatic carbocycles. The van der Waals surface area contributed by atoms with Crippen LogP contribution in [0, 0.1) is 6.92 Å². The molecule has 2 aromatic rings. The molecule has 0 radical (unpaired) electrons. The Bertz CT molecular complexity index is 557. The van der Waals surface area contributed by atoms with E-state index in [9.17, 15) is 0 Å². The topological polar surface area (TPSA) is 43.0 Å². The van der Waals surface area contributed by atoms with Gasteiger partial charge in [-0.15, -0.1) is 0 Å². The Morgan fingerprint density at radius 3 is 3.05 bits per heavy atom. The van der Waals surface area contributed by atoms with Crippen LogP contribution in [-0.4, -0.2) is 16.1 Å². The van der Waals surface area contributed by atoms with E-state index in [2.05, 4.69) is 23.7 Å². The summed E-state index contributed by atoms with van der Waals surface area (Å²) in [5.41, 5.74) is 2.79. The molecule has 2 aromatic heterocycles. The van der Waals surface area contributed by atoms with Crippen LogP contribution in [0.1, 0.15) is 48.8 Å². The zero-order valence-electron chi connectivity index (χ0n) is 12.4. The lowest BCUT2D eigenvalue weighted by atomic mass is 10.0. The molecule has 108 valence electrons. The Hall–Kier alpha value is -1.55. The third-order valence-corrected chi connectivity index (χ3v) is 4.18. The maximum Gasteiger partial charge on any atom is 0.120 e. The molecule has 20 heavy (non-hydrogen) atoms. The number of nitrogens with zero attached hydrogens (tertiary/aromatic N) is 2. The number of hydrogen-bond acceptors (Lipinski definition) is 3. The van der Waals surface area contributed by atoms with Gasteiger partial charge in [-0.2, -0.15) is 0 Å². The van der Waals surface area contributed by atoms with Crippen molar-refractivity contribution >= 4 is 0 Å². The number of fused-ring (bicyclic) bond motifs is 1. The second kappa shape index (κ2) is 5.83. The minimum atomic E-state index is 0.254. The first kappa shape index (κ1) is 13.4. The lowest BCUT2D eigenvalue weighted by molar-refractivity contribution is 0.421. The maximum absolute atomic E-state index is 5.42. The lowest BCUT2D eigenvalue weighted by Gasteiger charge is -2.16. The summed E-state index contributed by atoms with van der Waals surface area (Å²) >= 11 is 0. The summed E-state index contributed by atoms with van der Waals surface area (Å²) in [5, 5.41) is 3.51. The van der Waals surface area contributed by atoms with Gasteiger partial charge in [0.2, 0.25) is 0 Å². The summed E-state index contributed by atoms with van der Waals surface area (Å²) in [6.07, 6.45) is 6.65. The number of aromatic nitrogens is 2. The molecule has 0 amide bonds. The standard InChI is InChI=1S/C16H23N3O/c1-12(16-8-5-11-20-16)17-9-10-19-13(2)18-14-6-3-4-7-15(14)19/h5,8,11-12,17H,3-4,6-7,9-10H2,1-2H3. The summed E-state index contributed by atoms with van der Waals surface area (Å²) in [6.45, 7) is 6.17. The van der Waals surface area contributed by atoms with Crippen molar-refractivity contribution in [1.82, 2.24) is 14.9 Å². The predicted molar refractivity (Wildman–Crippen MR) is 78.7 cm³/mol. The fourth-order valence-electron chi connectivity index (χ4n) is 3.06. The molecule has 0 fully saturated rings. The Labute approximate surface area is 120 Å². The van der Waals surface area contributed by atoms with E-state index in [-0.39, 0.29) is 6.04 Å². The van der Waals surface area contributed by atoms with Crippen LogP contribution in [0.25, 0.3) is 0 Å². The molecule has 1 aliphatic rings. The smallest absolute Gasteiger partial charge is 0.120 e. The van der Waals surface area contributed by atoms with Crippen LogP contribution in [0.4, 0.5) is 0 Å². The van der Waals surface area contributed by atoms with Crippen LogP contribution in [0.15, 0.2) is 22.8 Å². The molecule has 0 bridgehead atoms. The van der Waals surface area contributed by atoms with Crippen molar-refractivity contribution in [2.24, 2.45) is 0 Å². The van der Waals surface area contributed by atoms with Crippen LogP contribution < -0.4 is 5.32 Å². The molecule has 3 rings (SSSR count). The fraction of sp³-hybridized carbons (Fsp3) is 0.562. The molecular weight excluding hydrogens is 250 g/mol. The molecule has 2 heterocycles. The van der Waals surface area contributed by atoms with Gasteiger partial charge in [-0.3, -0.25) is 0 Å². The molecule has 1 N–H and O–H groups in total. The highest BCUT2D eigenvalue weighted by molar-refractivity contribution is 5.19. The summed E-state index contributed by atoms with van der Waals surface area (Å²) in [6, 6.07) is 4.20. The minimum absolute atomic E-state index is 0.254. The Kier molecular flexibility index (Phi) is 3.92. The molecule has 1 aliphatic carbocycles. The summed E-state index contributed by atoms with van der Waals surface area (Å²) in [7, 11) is 0. The van der Waals surface area contributed by atoms with E-state index in [1.165, 1.54) is 30.7 Å². The SMILES string of the molecule is Cc1nc2c(n1CCNC(C)c1ccco1)CCCC2. The quantitative estimate of drug-likeness (QED) is 0.910. The zero-order valence-corrected chi connectivity index (χ0v) is 12.4. The van der Waals surface area contributed by atoms with Gasteiger partial charge in [0, 0.05) is 18.8 Å². The lowest BCUT2D eigenvalue weighted by Crippen LogP contribution is -2.24. The summed E-state index contributed by atoms with van der Waals surface area (Å²) in [4.78, 5) is 4.72. The van der Waals surface area contributed by atoms with Gasteiger partial charge in [0.05, 0.1) is 18.0 Å². The maximum atomic E-state index is 5.42. The van der Waals surface area contributed by atoms with Crippen molar-refractivity contribution in [2.45, 2.75) is 52.1 Å². The van der Waals surface area contributed by atoms with Gasteiger partial charge in [0.1, 0.15) is 11.6 Å². The molecular formula is C16H23N3O. The highest BCUT2D eigenvalue weighted by atomic mass is 16.3. The van der Waals surface area contributed by atoms with Crippen LogP contribution in [0.5, 0.6) is 0 Å². The fourth-order valence-corrected chi connectivity index (χ4v) is 3.06. The van der Waals surface area contributed by atoms with Crippen molar-refractivity contribution in [2.75, 3.05) is 6.54 Å². The van der Waals surface area contributed by atoms with Crippen molar-refractivity contribution < 1.29 is 4.42 Å². The van der Waals surface area contributed by atoms with E-state index < -0.39 is 0 Å². The van der Waals surface area contributed by atoms with Crippen molar-refractivity contribution in [3.05, 3.63) is 41.4 Å². The highest BCUT2D eigenvalue weighted by Crippen LogP contribution is 2.22. The van der Waals surface area contributed by atoms with E-state index in [1.807, 2.05) is 12.1 Å². The normalized spacial score (nSPS) is 16.1. The van der Waals surface area contributed by atoms with Gasteiger partial charge in [-0.25, -0.2) is 4.98 Å². The van der Waals surface area contributed by atoms with Gasteiger partial charge in [0.25, 0.3) is 0 Å². The Morgan fingerprint density at radius 1 is 1.40 bits per heavy atom. The third kappa shape index (κ3) is 2.66. The first-order valence-corrected chi connectivity index (χ1v) is 7.57. The second-order valence-corrected chi connectivity index (χ2v) is 5.60. The van der Waals surface area contributed by atoms with E-state index in [0.717, 1.165) is 31.1 Å². The summed E-state index contributed by atoms with van der Waals surface area (Å²) < 4.78 is 7.80. The number of hydrogen-bond donors (Lipinski definition) is 1. The molecule has 0 aliphatic heterocycles. The van der Waals surface area contributed by atoms with Gasteiger partial charge >= 0.3 is 0 Å². The molecule has 4 nitrogen and oxygen atoms in total. The number of rotatable bonds is 5. The van der Waals surface area contributed by atoms with Crippen LogP contribution in [-0.2, 0) is 19.4 Å². The van der Waals surface area contributed by atoms with Crippen LogP contribution in [0.3, 0.4) is 0 Å². The largest absolute Gasteiger partial charge is 0.468 e. The molecule has 1 atom stereocenters. The molecule has 4 heteroatoms. The molecule has 1 unspecified atom stereocenters. The Morgan fingerprint density at radius 2 is 2.25 bits per heavy atom. The average molecular weight is 273 g/mol. The minimum Gasteiger partial charge on any atom is -0.468 e. The number of imidazole rings is 1. The summed E-state index contributed by atoms with van der Waals surface area (Å²) in [5.74, 6) is 2.15. The van der Waals surface area contributed by atoms with Crippen molar-refractivity contribution in [1.29, 1.82) is 0 Å². The van der Waals surface area contributed by atoms with E-state index in [4.69, 9.17) is 9.40 Å². The number of aryl methyl sites for hydroxylation is 2. The highest BCUT2D eigenvalue weighted by Gasteiger charge is 2.17. The number of furan rings is 1. The predicted octanol–water partition coefficient (Wildman–Crippen LogP) is 3.01. The molecule has 0 saturated carbocycles. The molecule has 0 spiro atoms. The van der Waals surface area contributed by atoms with E-state index >= 15 is 0 Å². The second-order valence-electron chi connectivity index (χ2n) is 5.60. The van der Waals surface area contributed by atoms with Gasteiger partial charge in [-0.1, -0.05) is 0 Å². The molecule has 0 saturated heterocycles. The third-order valence-electron chi connectivity index (χ3n) is 4.18. The van der Waals surface area contributed by atoms with Crippen molar-refractivity contribution in [3.63, 3.8) is 0 Å². The average Bonchev–Trinajstić information content (AvgIpc) is 3.07. The first-order valence-electron chi connectivity index (χ1n) is 7.57. The van der Waals surface area contributed by atoms with Crippen molar-refractivity contribution in [3.8, 4) is 0 Å². The monoisotopic (exact) mass is 273 g/mol. The van der Waals surface area contributed by atoms with Crippen LogP contribution >= 0.6 is 0 Å². The van der Waals surface area contributed by atoms with Gasteiger partial charge in [-0.05, 0) is 51.7 Å². The van der Waals surface area contributed by atoms with E-state index in [0.29, 0.717) is 0 Å². The first-order chi connectivity index (χ1) is 9.75. The Balaban J connectivity index is 1.60. The van der Waals surface area contributed by atoms with Gasteiger partial charge in [0.15, 0.2) is 0 Å². The van der Waals surface area contributed by atoms with E-state index in [1.54, 1.807) is 6.26 Å². The number of nitrogens with one attached hydrogen (secondary N) is 1. The van der Waals surface area contributed by atoms with Crippen LogP contribution in [0.2, 0.25) is 0 Å².